The number of hydrogen-bond acceptors (Lipinski definition) is 4. The van der Waals surface area contributed by atoms with Crippen molar-refractivity contribution in [1.29, 1.82) is 0 Å². The van der Waals surface area contributed by atoms with Crippen LogP contribution in [-0.4, -0.2) is 18.3 Å². The maximum Gasteiger partial charge on any atom is 0.411 e. The van der Waals surface area contributed by atoms with Gasteiger partial charge in [0.2, 0.25) is 0 Å². The molecule has 0 spiro atoms. The summed E-state index contributed by atoms with van der Waals surface area (Å²) in [5.74, 6) is 1.00. The lowest BCUT2D eigenvalue weighted by Gasteiger charge is -2.14. The number of carbonyl (C=O) groups excluding carboxylic acids is 1. The van der Waals surface area contributed by atoms with Gasteiger partial charge in [-0.3, -0.25) is 5.32 Å². The number of ether oxygens (including phenoxy) is 2. The predicted octanol–water partition coefficient (Wildman–Crippen LogP) is 4.07. The van der Waals surface area contributed by atoms with Gasteiger partial charge < -0.3 is 14.6 Å². The average Bonchev–Trinajstić information content (AvgIpc) is 2.56. The third-order valence-electron chi connectivity index (χ3n) is 3.82. The van der Waals surface area contributed by atoms with Gasteiger partial charge >= 0.3 is 6.09 Å². The molecule has 0 bridgehead atoms. The lowest BCUT2D eigenvalue weighted by atomic mass is 10.0. The first kappa shape index (κ1) is 16.7. The van der Waals surface area contributed by atoms with E-state index in [1.807, 2.05) is 38.1 Å². The summed E-state index contributed by atoms with van der Waals surface area (Å²) in [7, 11) is 1.60. The van der Waals surface area contributed by atoms with Crippen LogP contribution in [0, 0.1) is 20.8 Å². The number of nitrogens with one attached hydrogen (secondary N) is 1. The van der Waals surface area contributed by atoms with Crippen LogP contribution < -0.4 is 10.1 Å². The molecular formula is C18H21NO4. The van der Waals surface area contributed by atoms with Gasteiger partial charge in [0, 0.05) is 5.69 Å². The molecule has 0 aromatic heterocycles. The van der Waals surface area contributed by atoms with E-state index in [4.69, 9.17) is 9.47 Å². The lowest BCUT2D eigenvalue weighted by Crippen LogP contribution is -2.14. The van der Waals surface area contributed by atoms with Crippen molar-refractivity contribution in [3.8, 4) is 11.5 Å². The summed E-state index contributed by atoms with van der Waals surface area (Å²) in [4.78, 5) is 11.9. The second kappa shape index (κ2) is 7.05. The molecule has 0 radical (unpaired) electrons. The molecule has 2 N–H and O–H groups in total. The Labute approximate surface area is 135 Å². The van der Waals surface area contributed by atoms with Crippen LogP contribution >= 0.6 is 0 Å². The van der Waals surface area contributed by atoms with Crippen molar-refractivity contribution in [2.45, 2.75) is 27.4 Å². The number of hydrogen-bond donors (Lipinski definition) is 2. The molecule has 0 heterocycles. The topological polar surface area (TPSA) is 67.8 Å². The number of benzene rings is 2. The van der Waals surface area contributed by atoms with Gasteiger partial charge in [-0.05, 0) is 61.2 Å². The van der Waals surface area contributed by atoms with Crippen LogP contribution in [0.4, 0.5) is 10.5 Å². The van der Waals surface area contributed by atoms with E-state index in [-0.39, 0.29) is 12.4 Å². The Hall–Kier alpha value is -2.69. The number of aromatic hydroxyl groups is 1. The van der Waals surface area contributed by atoms with Gasteiger partial charge in [0.15, 0.2) is 0 Å². The van der Waals surface area contributed by atoms with E-state index >= 15 is 0 Å². The fourth-order valence-electron chi connectivity index (χ4n) is 2.21. The molecule has 23 heavy (non-hydrogen) atoms. The molecule has 2 aromatic carbocycles. The first-order valence-corrected chi connectivity index (χ1v) is 7.29. The van der Waals surface area contributed by atoms with E-state index in [1.165, 1.54) is 0 Å². The Morgan fingerprint density at radius 2 is 1.78 bits per heavy atom. The number of amides is 1. The van der Waals surface area contributed by atoms with Gasteiger partial charge in [-0.1, -0.05) is 12.1 Å². The van der Waals surface area contributed by atoms with Crippen LogP contribution in [-0.2, 0) is 11.3 Å². The highest BCUT2D eigenvalue weighted by Crippen LogP contribution is 2.30. The lowest BCUT2D eigenvalue weighted by molar-refractivity contribution is 0.155. The first-order chi connectivity index (χ1) is 10.9. The minimum atomic E-state index is -0.534. The molecular weight excluding hydrogens is 294 g/mol. The molecule has 0 aliphatic heterocycles. The van der Waals surface area contributed by atoms with E-state index in [9.17, 15) is 9.90 Å². The van der Waals surface area contributed by atoms with E-state index < -0.39 is 6.09 Å². The Morgan fingerprint density at radius 3 is 2.39 bits per heavy atom. The number of carbonyl (C=O) groups is 1. The number of methoxy groups -OCH3 is 1. The molecule has 1 amide bonds. The molecule has 0 fully saturated rings. The van der Waals surface area contributed by atoms with Gasteiger partial charge in [-0.15, -0.1) is 0 Å². The van der Waals surface area contributed by atoms with Crippen LogP contribution in [0.1, 0.15) is 22.3 Å². The van der Waals surface area contributed by atoms with Crippen LogP contribution in [0.5, 0.6) is 11.5 Å². The molecule has 2 rings (SSSR count). The summed E-state index contributed by atoms with van der Waals surface area (Å²) in [6, 6.07) is 9.03. The number of anilines is 1. The smallest absolute Gasteiger partial charge is 0.411 e. The number of phenolic OH excluding ortho intramolecular Hbond substituents is 1. The largest absolute Gasteiger partial charge is 0.507 e. The Morgan fingerprint density at radius 1 is 1.13 bits per heavy atom. The summed E-state index contributed by atoms with van der Waals surface area (Å²) < 4.78 is 10.3. The Bertz CT molecular complexity index is 708. The maximum atomic E-state index is 11.9. The fraction of sp³-hybridized carbons (Fsp3) is 0.278. The molecule has 2 aromatic rings. The standard InChI is InChI=1S/C18H21NO4/c1-11-9-16(12(2)13(3)17(11)20)19-18(21)23-10-14-5-7-15(22-4)8-6-14/h5-9,20H,10H2,1-4H3,(H,19,21). The zero-order valence-electron chi connectivity index (χ0n) is 13.8. The maximum absolute atomic E-state index is 11.9. The normalized spacial score (nSPS) is 10.3. The van der Waals surface area contributed by atoms with Gasteiger partial charge in [-0.2, -0.15) is 0 Å². The molecule has 0 saturated heterocycles. The quantitative estimate of drug-likeness (QED) is 0.834. The van der Waals surface area contributed by atoms with E-state index in [1.54, 1.807) is 20.1 Å². The Kier molecular flexibility index (Phi) is 5.11. The van der Waals surface area contributed by atoms with Crippen LogP contribution in [0.15, 0.2) is 30.3 Å². The van der Waals surface area contributed by atoms with Crippen molar-refractivity contribution in [2.75, 3.05) is 12.4 Å². The van der Waals surface area contributed by atoms with Crippen molar-refractivity contribution in [3.05, 3.63) is 52.6 Å². The van der Waals surface area contributed by atoms with Crippen molar-refractivity contribution < 1.29 is 19.4 Å². The summed E-state index contributed by atoms with van der Waals surface area (Å²) in [5, 5.41) is 12.6. The minimum absolute atomic E-state index is 0.172. The van der Waals surface area contributed by atoms with Gasteiger partial charge in [0.05, 0.1) is 7.11 Å². The second-order valence-corrected chi connectivity index (χ2v) is 5.39. The highest BCUT2D eigenvalue weighted by Gasteiger charge is 2.12. The molecule has 0 saturated carbocycles. The monoisotopic (exact) mass is 315 g/mol. The number of rotatable bonds is 4. The minimum Gasteiger partial charge on any atom is -0.507 e. The van der Waals surface area contributed by atoms with Crippen LogP contribution in [0.2, 0.25) is 0 Å². The SMILES string of the molecule is COc1ccc(COC(=O)Nc2cc(C)c(O)c(C)c2C)cc1. The molecule has 5 nitrogen and oxygen atoms in total. The van der Waals surface area contributed by atoms with Crippen molar-refractivity contribution in [1.82, 2.24) is 0 Å². The third kappa shape index (κ3) is 3.94. The Balaban J connectivity index is 1.99. The highest BCUT2D eigenvalue weighted by atomic mass is 16.5. The number of phenols is 1. The average molecular weight is 315 g/mol. The van der Waals surface area contributed by atoms with Crippen molar-refractivity contribution >= 4 is 11.8 Å². The van der Waals surface area contributed by atoms with Crippen LogP contribution in [0.3, 0.4) is 0 Å². The highest BCUT2D eigenvalue weighted by molar-refractivity contribution is 5.86. The van der Waals surface area contributed by atoms with Gasteiger partial charge in [-0.25, -0.2) is 4.79 Å². The predicted molar refractivity (Wildman–Crippen MR) is 89.1 cm³/mol. The summed E-state index contributed by atoms with van der Waals surface area (Å²) in [5.41, 5.74) is 3.77. The summed E-state index contributed by atoms with van der Waals surface area (Å²) in [6.45, 7) is 5.61. The zero-order valence-corrected chi connectivity index (χ0v) is 13.8. The fourth-order valence-corrected chi connectivity index (χ4v) is 2.21. The van der Waals surface area contributed by atoms with Gasteiger partial charge in [0.25, 0.3) is 0 Å². The van der Waals surface area contributed by atoms with Crippen molar-refractivity contribution in [2.24, 2.45) is 0 Å². The third-order valence-corrected chi connectivity index (χ3v) is 3.82. The van der Waals surface area contributed by atoms with Gasteiger partial charge in [0.1, 0.15) is 18.1 Å². The molecule has 0 atom stereocenters. The van der Waals surface area contributed by atoms with Crippen LogP contribution in [0.25, 0.3) is 0 Å². The molecule has 0 unspecified atom stereocenters. The molecule has 0 aliphatic rings. The van der Waals surface area contributed by atoms with E-state index in [0.717, 1.165) is 22.4 Å². The molecule has 122 valence electrons. The zero-order chi connectivity index (χ0) is 17.0. The summed E-state index contributed by atoms with van der Waals surface area (Å²) in [6.07, 6.45) is -0.534. The van der Waals surface area contributed by atoms with E-state index in [0.29, 0.717) is 11.3 Å². The second-order valence-electron chi connectivity index (χ2n) is 5.39. The summed E-state index contributed by atoms with van der Waals surface area (Å²) >= 11 is 0. The van der Waals surface area contributed by atoms with Crippen molar-refractivity contribution in [3.63, 3.8) is 0 Å². The molecule has 0 aliphatic carbocycles. The number of aryl methyl sites for hydroxylation is 1. The van der Waals surface area contributed by atoms with E-state index in [2.05, 4.69) is 5.32 Å². The first-order valence-electron chi connectivity index (χ1n) is 7.29. The molecule has 5 heteroatoms.